The predicted octanol–water partition coefficient (Wildman–Crippen LogP) is 4.64. The summed E-state index contributed by atoms with van der Waals surface area (Å²) in [5.74, 6) is 1.84. The van der Waals surface area contributed by atoms with Gasteiger partial charge in [0, 0.05) is 49.6 Å². The Labute approximate surface area is 234 Å². The summed E-state index contributed by atoms with van der Waals surface area (Å²) >= 11 is 0. The molecule has 0 aliphatic carbocycles. The van der Waals surface area contributed by atoms with Crippen LogP contribution in [0.1, 0.15) is 6.92 Å². The Kier molecular flexibility index (Phi) is 8.65. The fraction of sp³-hybridized carbons (Fsp3) is 0.241. The minimum absolute atomic E-state index is 0.318. The molecule has 0 bridgehead atoms. The lowest BCUT2D eigenvalue weighted by molar-refractivity contribution is -0.111. The Morgan fingerprint density at radius 1 is 1.10 bits per heavy atom. The molecule has 0 atom stereocenters. The van der Waals surface area contributed by atoms with Gasteiger partial charge in [-0.3, -0.25) is 4.79 Å². The molecule has 11 nitrogen and oxygen atoms in total. The molecule has 2 aromatic carbocycles. The summed E-state index contributed by atoms with van der Waals surface area (Å²) in [4.78, 5) is 25.6. The molecular formula is C29H35N9O2. The maximum atomic E-state index is 12.3. The molecule has 1 amide bonds. The zero-order valence-electron chi connectivity index (χ0n) is 23.5. The van der Waals surface area contributed by atoms with Crippen molar-refractivity contribution in [3.05, 3.63) is 73.6 Å². The van der Waals surface area contributed by atoms with E-state index in [1.54, 1.807) is 30.1 Å². The van der Waals surface area contributed by atoms with Crippen LogP contribution in [0.3, 0.4) is 0 Å². The van der Waals surface area contributed by atoms with Crippen molar-refractivity contribution >= 4 is 45.6 Å². The number of nitrogens with zero attached hydrogens (tertiary/aromatic N) is 6. The van der Waals surface area contributed by atoms with E-state index in [0.717, 1.165) is 35.4 Å². The monoisotopic (exact) mass is 541 g/mol. The Bertz CT molecular complexity index is 1540. The SMILES string of the molecule is C=CC(=O)Nc1cc(Nc2nccc(-n3nc(NC(=C)C)c4ccccc43)n2)c(OC)cc1N(C)CCN(C)C. The second-order valence-electron chi connectivity index (χ2n) is 9.53. The van der Waals surface area contributed by atoms with Gasteiger partial charge in [0.05, 0.1) is 29.7 Å². The Morgan fingerprint density at radius 3 is 2.58 bits per heavy atom. The highest BCUT2D eigenvalue weighted by Gasteiger charge is 2.18. The molecule has 0 aliphatic rings. The number of hydrogen-bond acceptors (Lipinski definition) is 9. The Morgan fingerprint density at radius 2 is 1.88 bits per heavy atom. The van der Waals surface area contributed by atoms with Crippen LogP contribution in [0.4, 0.5) is 28.8 Å². The number of anilines is 5. The highest BCUT2D eigenvalue weighted by Crippen LogP contribution is 2.38. The molecule has 0 saturated carbocycles. The van der Waals surface area contributed by atoms with Gasteiger partial charge < -0.3 is 30.5 Å². The highest BCUT2D eigenvalue weighted by molar-refractivity contribution is 6.02. The third-order valence-corrected chi connectivity index (χ3v) is 6.08. The van der Waals surface area contributed by atoms with Gasteiger partial charge in [-0.15, -0.1) is 5.10 Å². The number of amides is 1. The van der Waals surface area contributed by atoms with Crippen molar-refractivity contribution < 1.29 is 9.53 Å². The van der Waals surface area contributed by atoms with E-state index < -0.39 is 0 Å². The van der Waals surface area contributed by atoms with Crippen LogP contribution in [0.15, 0.2) is 73.6 Å². The van der Waals surface area contributed by atoms with Gasteiger partial charge in [-0.2, -0.15) is 4.98 Å². The molecule has 0 spiro atoms. The molecule has 2 heterocycles. The number of rotatable bonds is 12. The van der Waals surface area contributed by atoms with Crippen molar-refractivity contribution in [1.82, 2.24) is 24.6 Å². The number of allylic oxidation sites excluding steroid dienone is 1. The van der Waals surface area contributed by atoms with Crippen LogP contribution in [0, 0.1) is 0 Å². The van der Waals surface area contributed by atoms with Crippen LogP contribution in [-0.4, -0.2) is 71.9 Å². The highest BCUT2D eigenvalue weighted by atomic mass is 16.5. The normalized spacial score (nSPS) is 10.8. The maximum absolute atomic E-state index is 12.3. The fourth-order valence-electron chi connectivity index (χ4n) is 4.09. The van der Waals surface area contributed by atoms with E-state index in [1.165, 1.54) is 6.08 Å². The summed E-state index contributed by atoms with van der Waals surface area (Å²) in [6.45, 7) is 11.0. The van der Waals surface area contributed by atoms with Gasteiger partial charge in [0.15, 0.2) is 11.6 Å². The molecule has 4 aromatic rings. The number of para-hydroxylation sites is 1. The Balaban J connectivity index is 1.72. The van der Waals surface area contributed by atoms with Gasteiger partial charge in [-0.05, 0) is 45.3 Å². The molecule has 4 rings (SSSR count). The number of carbonyl (C=O) groups is 1. The van der Waals surface area contributed by atoms with E-state index in [4.69, 9.17) is 14.8 Å². The fourth-order valence-corrected chi connectivity index (χ4v) is 4.09. The zero-order chi connectivity index (χ0) is 28.8. The summed E-state index contributed by atoms with van der Waals surface area (Å²) in [5.41, 5.74) is 3.64. The first-order chi connectivity index (χ1) is 19.2. The van der Waals surface area contributed by atoms with Gasteiger partial charge in [0.2, 0.25) is 11.9 Å². The van der Waals surface area contributed by atoms with Crippen molar-refractivity contribution in [3.8, 4) is 11.6 Å². The van der Waals surface area contributed by atoms with Crippen molar-refractivity contribution in [2.24, 2.45) is 0 Å². The molecule has 0 fully saturated rings. The second-order valence-corrected chi connectivity index (χ2v) is 9.53. The third kappa shape index (κ3) is 6.38. The number of nitrogens with one attached hydrogen (secondary N) is 3. The van der Waals surface area contributed by atoms with Crippen molar-refractivity contribution in [3.63, 3.8) is 0 Å². The molecule has 0 aliphatic heterocycles. The summed E-state index contributed by atoms with van der Waals surface area (Å²) in [7, 11) is 7.59. The lowest BCUT2D eigenvalue weighted by Crippen LogP contribution is -2.29. The van der Waals surface area contributed by atoms with Crippen LogP contribution in [0.25, 0.3) is 16.7 Å². The third-order valence-electron chi connectivity index (χ3n) is 6.08. The van der Waals surface area contributed by atoms with Gasteiger partial charge in [0.1, 0.15) is 5.75 Å². The first-order valence-corrected chi connectivity index (χ1v) is 12.7. The predicted molar refractivity (Wildman–Crippen MR) is 162 cm³/mol. The smallest absolute Gasteiger partial charge is 0.247 e. The minimum atomic E-state index is -0.318. The number of aromatic nitrogens is 4. The molecular weight excluding hydrogens is 506 g/mol. The standard InChI is InChI=1S/C29H35N9O2/c1-8-27(39)32-21-17-22(25(40-7)18-24(21)37(6)16-15-36(4)5)33-29-30-14-13-26(34-29)38-23-12-10-9-11-20(23)28(35-38)31-19(2)3/h8-14,17-18H,1-2,15-16H2,3-7H3,(H,31,35)(H,32,39)(H,30,33,34). The van der Waals surface area contributed by atoms with E-state index >= 15 is 0 Å². The molecule has 0 saturated heterocycles. The first-order valence-electron chi connectivity index (χ1n) is 12.7. The van der Waals surface area contributed by atoms with Crippen LogP contribution < -0.4 is 25.6 Å². The summed E-state index contributed by atoms with van der Waals surface area (Å²) in [6, 6.07) is 13.3. The average Bonchev–Trinajstić information content (AvgIpc) is 3.29. The van der Waals surface area contributed by atoms with Crippen LogP contribution in [0.2, 0.25) is 0 Å². The van der Waals surface area contributed by atoms with E-state index in [-0.39, 0.29) is 5.91 Å². The summed E-state index contributed by atoms with van der Waals surface area (Å²) in [6.07, 6.45) is 2.89. The van der Waals surface area contributed by atoms with E-state index in [2.05, 4.69) is 43.9 Å². The molecule has 3 N–H and O–H groups in total. The zero-order valence-corrected chi connectivity index (χ0v) is 23.5. The van der Waals surface area contributed by atoms with Crippen LogP contribution in [0.5, 0.6) is 5.75 Å². The molecule has 40 heavy (non-hydrogen) atoms. The Hall–Kier alpha value is -4.90. The van der Waals surface area contributed by atoms with Crippen LogP contribution in [-0.2, 0) is 4.79 Å². The average molecular weight is 542 g/mol. The topological polar surface area (TPSA) is 112 Å². The second kappa shape index (κ2) is 12.3. The number of ether oxygens (including phenoxy) is 1. The number of methoxy groups -OCH3 is 1. The molecule has 0 radical (unpaired) electrons. The molecule has 2 aromatic heterocycles. The summed E-state index contributed by atoms with van der Waals surface area (Å²) in [5, 5.41) is 15.0. The quantitative estimate of drug-likeness (QED) is 0.221. The van der Waals surface area contributed by atoms with E-state index in [0.29, 0.717) is 34.7 Å². The van der Waals surface area contributed by atoms with E-state index in [1.807, 2.05) is 58.4 Å². The number of benzene rings is 2. The van der Waals surface area contributed by atoms with Gasteiger partial charge in [-0.1, -0.05) is 25.3 Å². The first kappa shape index (κ1) is 28.1. The maximum Gasteiger partial charge on any atom is 0.247 e. The number of hydrogen-bond donors (Lipinski definition) is 3. The largest absolute Gasteiger partial charge is 0.494 e. The van der Waals surface area contributed by atoms with Gasteiger partial charge in [-0.25, -0.2) is 9.67 Å². The lowest BCUT2D eigenvalue weighted by atomic mass is 10.2. The number of fused-ring (bicyclic) bond motifs is 1. The van der Waals surface area contributed by atoms with Gasteiger partial charge >= 0.3 is 0 Å². The lowest BCUT2D eigenvalue weighted by Gasteiger charge is -2.26. The number of carbonyl (C=O) groups excluding carboxylic acids is 1. The molecule has 0 unspecified atom stereocenters. The minimum Gasteiger partial charge on any atom is -0.494 e. The van der Waals surface area contributed by atoms with E-state index in [9.17, 15) is 4.79 Å². The molecule has 11 heteroatoms. The van der Waals surface area contributed by atoms with Crippen molar-refractivity contribution in [1.29, 1.82) is 0 Å². The summed E-state index contributed by atoms with van der Waals surface area (Å²) < 4.78 is 7.46. The van der Waals surface area contributed by atoms with Crippen molar-refractivity contribution in [2.75, 3.05) is 62.2 Å². The molecule has 208 valence electrons. The van der Waals surface area contributed by atoms with Gasteiger partial charge in [0.25, 0.3) is 0 Å². The number of likely N-dealkylation sites (N-methyl/N-ethyl adjacent to an activating group) is 2. The van der Waals surface area contributed by atoms with Crippen LogP contribution >= 0.6 is 0 Å². The van der Waals surface area contributed by atoms with Crippen molar-refractivity contribution in [2.45, 2.75) is 6.92 Å².